The largest absolute Gasteiger partial charge is 0.473 e. The van der Waals surface area contributed by atoms with Crippen molar-refractivity contribution in [2.45, 2.75) is 24.8 Å². The van der Waals surface area contributed by atoms with Gasteiger partial charge in [-0.15, -0.1) is 11.8 Å². The van der Waals surface area contributed by atoms with Gasteiger partial charge in [0.05, 0.1) is 11.7 Å². The fourth-order valence-corrected chi connectivity index (χ4v) is 3.06. The quantitative estimate of drug-likeness (QED) is 0.563. The molecule has 1 aromatic heterocycles. The molecular formula is C12H17N3O4S2. The van der Waals surface area contributed by atoms with E-state index in [1.54, 1.807) is 0 Å². The second-order valence-corrected chi connectivity index (χ2v) is 5.68. The van der Waals surface area contributed by atoms with Crippen LogP contribution in [0.1, 0.15) is 25.5 Å². The first-order valence-electron chi connectivity index (χ1n) is 6.38. The fraction of sp³-hybridized carbons (Fsp3) is 0.500. The number of hydrogen-bond donors (Lipinski definition) is 3. The van der Waals surface area contributed by atoms with Gasteiger partial charge < -0.3 is 15.5 Å². The van der Waals surface area contributed by atoms with Crippen LogP contribution in [0, 0.1) is 0 Å². The maximum Gasteiger partial charge on any atom is 0.414 e. The van der Waals surface area contributed by atoms with Crippen molar-refractivity contribution >= 4 is 41.0 Å². The molecule has 0 amide bonds. The summed E-state index contributed by atoms with van der Waals surface area (Å²) in [6, 6.07) is 0. The molecule has 116 valence electrons. The Morgan fingerprint density at radius 1 is 1.38 bits per heavy atom. The van der Waals surface area contributed by atoms with Crippen LogP contribution in [0.5, 0.6) is 0 Å². The lowest BCUT2D eigenvalue weighted by molar-refractivity contribution is -0.159. The predicted octanol–water partition coefficient (Wildman–Crippen LogP) is 1.57. The van der Waals surface area contributed by atoms with Gasteiger partial charge in [-0.2, -0.15) is 8.75 Å². The Morgan fingerprint density at radius 2 is 2.10 bits per heavy atom. The maximum atomic E-state index is 9.10. The molecule has 0 aromatic carbocycles. The molecule has 1 aliphatic heterocycles. The molecule has 0 aliphatic carbocycles. The van der Waals surface area contributed by atoms with E-state index in [1.165, 1.54) is 23.7 Å². The number of hydrogen-bond acceptors (Lipinski definition) is 7. The van der Waals surface area contributed by atoms with Gasteiger partial charge in [-0.1, -0.05) is 13.0 Å². The lowest BCUT2D eigenvalue weighted by Crippen LogP contribution is -2.21. The number of aliphatic carboxylic acids is 2. The van der Waals surface area contributed by atoms with Gasteiger partial charge in [0.15, 0.2) is 0 Å². The number of carbonyl (C=O) groups is 2. The van der Waals surface area contributed by atoms with Gasteiger partial charge in [0.2, 0.25) is 0 Å². The maximum absolute atomic E-state index is 9.10. The van der Waals surface area contributed by atoms with Crippen molar-refractivity contribution in [1.82, 2.24) is 14.1 Å². The summed E-state index contributed by atoms with van der Waals surface area (Å²) < 4.78 is 8.75. The van der Waals surface area contributed by atoms with Crippen LogP contribution in [-0.2, 0) is 9.59 Å². The van der Waals surface area contributed by atoms with E-state index >= 15 is 0 Å². The van der Waals surface area contributed by atoms with E-state index in [2.05, 4.69) is 27.1 Å². The van der Waals surface area contributed by atoms with Crippen molar-refractivity contribution in [1.29, 1.82) is 0 Å². The zero-order valence-corrected chi connectivity index (χ0v) is 13.2. The van der Waals surface area contributed by atoms with Gasteiger partial charge in [0, 0.05) is 6.54 Å². The molecule has 7 nitrogen and oxygen atoms in total. The first-order chi connectivity index (χ1) is 10.1. The summed E-state index contributed by atoms with van der Waals surface area (Å²) >= 11 is 3.14. The van der Waals surface area contributed by atoms with Crippen molar-refractivity contribution in [2.75, 3.05) is 18.8 Å². The van der Waals surface area contributed by atoms with E-state index in [0.29, 0.717) is 0 Å². The Bertz CT molecular complexity index is 504. The number of nitrogens with one attached hydrogen (secondary N) is 1. The average molecular weight is 331 g/mol. The van der Waals surface area contributed by atoms with E-state index in [1.807, 2.05) is 11.8 Å². The van der Waals surface area contributed by atoms with Gasteiger partial charge in [0.25, 0.3) is 0 Å². The average Bonchev–Trinajstić information content (AvgIpc) is 2.95. The topological polar surface area (TPSA) is 112 Å². The summed E-state index contributed by atoms with van der Waals surface area (Å²) in [5, 5.41) is 19.3. The molecule has 0 unspecified atom stereocenters. The van der Waals surface area contributed by atoms with Crippen LogP contribution in [-0.4, -0.2) is 49.7 Å². The molecule has 0 bridgehead atoms. The third-order valence-corrected chi connectivity index (χ3v) is 4.23. The highest BCUT2D eigenvalue weighted by Crippen LogP contribution is 2.27. The van der Waals surface area contributed by atoms with Gasteiger partial charge in [-0.3, -0.25) is 0 Å². The molecule has 0 spiro atoms. The van der Waals surface area contributed by atoms with Crippen LogP contribution in [0.3, 0.4) is 0 Å². The van der Waals surface area contributed by atoms with E-state index in [4.69, 9.17) is 19.8 Å². The first kappa shape index (κ1) is 17.6. The third-order valence-electron chi connectivity index (χ3n) is 2.42. The Kier molecular flexibility index (Phi) is 7.95. The number of carboxylic acid groups (broad SMARTS) is 2. The van der Waals surface area contributed by atoms with Crippen LogP contribution in [0.2, 0.25) is 0 Å². The summed E-state index contributed by atoms with van der Waals surface area (Å²) in [5.41, 5.74) is 2.42. The van der Waals surface area contributed by atoms with Crippen LogP contribution >= 0.6 is 23.5 Å². The predicted molar refractivity (Wildman–Crippen MR) is 81.7 cm³/mol. The molecule has 2 heterocycles. The Balaban J connectivity index is 0.000000315. The first-order valence-corrected chi connectivity index (χ1v) is 8.09. The number of aromatic nitrogens is 2. The zero-order chi connectivity index (χ0) is 15.7. The number of rotatable bonds is 4. The minimum Gasteiger partial charge on any atom is -0.473 e. The fourth-order valence-electron chi connectivity index (χ4n) is 1.49. The zero-order valence-electron chi connectivity index (χ0n) is 11.5. The molecule has 3 N–H and O–H groups in total. The molecule has 0 atom stereocenters. The highest BCUT2D eigenvalue weighted by Gasteiger charge is 2.14. The smallest absolute Gasteiger partial charge is 0.414 e. The Labute approximate surface area is 130 Å². The Hall–Kier alpha value is -1.45. The van der Waals surface area contributed by atoms with Gasteiger partial charge >= 0.3 is 11.9 Å². The minimum absolute atomic E-state index is 0.936. The SMILES string of the molecule is CCCSc1nsnc1C1=CCCNC1.O=C(O)C(=O)O. The van der Waals surface area contributed by atoms with Gasteiger partial charge in [-0.25, -0.2) is 9.59 Å². The van der Waals surface area contributed by atoms with Crippen molar-refractivity contribution in [3.63, 3.8) is 0 Å². The van der Waals surface area contributed by atoms with E-state index in [-0.39, 0.29) is 0 Å². The number of thioether (sulfide) groups is 1. The van der Waals surface area contributed by atoms with E-state index in [0.717, 1.165) is 36.0 Å². The second-order valence-electron chi connectivity index (χ2n) is 4.07. The second kappa shape index (κ2) is 9.48. The molecule has 0 radical (unpaired) electrons. The summed E-state index contributed by atoms with van der Waals surface area (Å²) in [5.74, 6) is -2.52. The molecular weight excluding hydrogens is 314 g/mol. The summed E-state index contributed by atoms with van der Waals surface area (Å²) in [6.07, 6.45) is 4.56. The van der Waals surface area contributed by atoms with Crippen LogP contribution < -0.4 is 5.32 Å². The van der Waals surface area contributed by atoms with E-state index < -0.39 is 11.9 Å². The third kappa shape index (κ3) is 6.23. The summed E-state index contributed by atoms with van der Waals surface area (Å²) in [4.78, 5) is 18.2. The normalized spacial score (nSPS) is 13.9. The Morgan fingerprint density at radius 3 is 2.62 bits per heavy atom. The number of carboxylic acids is 2. The lowest BCUT2D eigenvalue weighted by Gasteiger charge is -2.12. The van der Waals surface area contributed by atoms with Crippen molar-refractivity contribution < 1.29 is 19.8 Å². The molecule has 0 saturated carbocycles. The van der Waals surface area contributed by atoms with Crippen LogP contribution in [0.15, 0.2) is 11.1 Å². The van der Waals surface area contributed by atoms with Crippen molar-refractivity contribution in [2.24, 2.45) is 0 Å². The molecule has 21 heavy (non-hydrogen) atoms. The molecule has 2 rings (SSSR count). The molecule has 0 fully saturated rings. The van der Waals surface area contributed by atoms with Crippen LogP contribution in [0.25, 0.3) is 5.57 Å². The highest BCUT2D eigenvalue weighted by atomic mass is 32.2. The molecule has 1 aliphatic rings. The molecule has 0 saturated heterocycles. The minimum atomic E-state index is -1.82. The van der Waals surface area contributed by atoms with Gasteiger partial charge in [0.1, 0.15) is 10.7 Å². The molecule has 1 aromatic rings. The van der Waals surface area contributed by atoms with Crippen molar-refractivity contribution in [3.8, 4) is 0 Å². The number of nitrogens with zero attached hydrogens (tertiary/aromatic N) is 2. The summed E-state index contributed by atoms with van der Waals surface area (Å²) in [7, 11) is 0. The van der Waals surface area contributed by atoms with Gasteiger partial charge in [-0.05, 0) is 30.7 Å². The lowest BCUT2D eigenvalue weighted by atomic mass is 10.1. The monoisotopic (exact) mass is 331 g/mol. The van der Waals surface area contributed by atoms with Crippen LogP contribution in [0.4, 0.5) is 0 Å². The van der Waals surface area contributed by atoms with E-state index in [9.17, 15) is 0 Å². The summed E-state index contributed by atoms with van der Waals surface area (Å²) in [6.45, 7) is 4.21. The standard InChI is InChI=1S/C10H15N3S2.C2H2O4/c1-2-6-14-10-9(12-15-13-10)8-4-3-5-11-7-8;3-1(4)2(5)6/h4,11H,2-3,5-7H2,1H3;(H,3,4)(H,5,6). The van der Waals surface area contributed by atoms with Crippen molar-refractivity contribution in [3.05, 3.63) is 11.8 Å². The highest BCUT2D eigenvalue weighted by molar-refractivity contribution is 7.99. The molecule has 9 heteroatoms.